The second kappa shape index (κ2) is 7.07. The number of benzene rings is 2. The van der Waals surface area contributed by atoms with Crippen LogP contribution in [0.3, 0.4) is 0 Å². The molecular formula is C22H21N3O5. The summed E-state index contributed by atoms with van der Waals surface area (Å²) < 4.78 is 16.0. The number of nitrogens with zero attached hydrogens (tertiary/aromatic N) is 1. The summed E-state index contributed by atoms with van der Waals surface area (Å²) in [6.45, 7) is -0.0680. The van der Waals surface area contributed by atoms with Crippen LogP contribution in [-0.4, -0.2) is 48.2 Å². The summed E-state index contributed by atoms with van der Waals surface area (Å²) in [7, 11) is 1.33. The van der Waals surface area contributed by atoms with E-state index < -0.39 is 18.1 Å². The van der Waals surface area contributed by atoms with Gasteiger partial charge in [-0.25, -0.2) is 4.79 Å². The molecule has 0 bridgehead atoms. The monoisotopic (exact) mass is 407 g/mol. The molecule has 30 heavy (non-hydrogen) atoms. The second-order valence-corrected chi connectivity index (χ2v) is 7.33. The molecular weight excluding hydrogens is 386 g/mol. The first-order valence-corrected chi connectivity index (χ1v) is 9.70. The lowest BCUT2D eigenvalue weighted by Gasteiger charge is -2.40. The smallest absolute Gasteiger partial charge is 0.328 e. The lowest BCUT2D eigenvalue weighted by Crippen LogP contribution is -2.53. The molecule has 3 heterocycles. The minimum absolute atomic E-state index is 0.150. The normalized spacial score (nSPS) is 19.6. The first-order chi connectivity index (χ1) is 14.6. The SMILES string of the molecule is COC(=O)[C@H]1Cc2c([nH]c3ccccc23)[C@@H](c2ccc3c(c2)OCO3)N1C(=O)CN. The van der Waals surface area contributed by atoms with Gasteiger partial charge >= 0.3 is 5.97 Å². The molecule has 0 fully saturated rings. The number of para-hydroxylation sites is 1. The number of carbonyl (C=O) groups is 2. The Morgan fingerprint density at radius 2 is 2.00 bits per heavy atom. The van der Waals surface area contributed by atoms with Gasteiger partial charge in [0, 0.05) is 23.0 Å². The molecule has 0 radical (unpaired) electrons. The fourth-order valence-electron chi connectivity index (χ4n) is 4.45. The maximum Gasteiger partial charge on any atom is 0.328 e. The van der Waals surface area contributed by atoms with Crippen molar-refractivity contribution in [2.45, 2.75) is 18.5 Å². The van der Waals surface area contributed by atoms with E-state index in [0.29, 0.717) is 17.9 Å². The molecule has 2 atom stereocenters. The molecule has 8 nitrogen and oxygen atoms in total. The highest BCUT2D eigenvalue weighted by Gasteiger charge is 2.44. The standard InChI is InChI=1S/C22H21N3O5/c1-28-22(27)16-9-14-13-4-2-3-5-15(13)24-20(14)21(25(16)19(26)10-23)12-6-7-17-18(8-12)30-11-29-17/h2-8,16,21,24H,9-11,23H2,1H3/t16-,21-/m1/s1. The van der Waals surface area contributed by atoms with Crippen molar-refractivity contribution in [1.29, 1.82) is 0 Å². The van der Waals surface area contributed by atoms with E-state index in [2.05, 4.69) is 4.98 Å². The molecule has 3 N–H and O–H groups in total. The average Bonchev–Trinajstić information content (AvgIpc) is 3.40. The van der Waals surface area contributed by atoms with E-state index in [4.69, 9.17) is 19.9 Å². The second-order valence-electron chi connectivity index (χ2n) is 7.33. The fourth-order valence-corrected chi connectivity index (χ4v) is 4.45. The minimum Gasteiger partial charge on any atom is -0.467 e. The van der Waals surface area contributed by atoms with Crippen LogP contribution in [0.4, 0.5) is 0 Å². The summed E-state index contributed by atoms with van der Waals surface area (Å²) in [6, 6.07) is 12.1. The summed E-state index contributed by atoms with van der Waals surface area (Å²) in [5.74, 6) is 0.439. The molecule has 154 valence electrons. The van der Waals surface area contributed by atoms with Crippen LogP contribution in [0.15, 0.2) is 42.5 Å². The summed E-state index contributed by atoms with van der Waals surface area (Å²) in [4.78, 5) is 30.7. The third-order valence-electron chi connectivity index (χ3n) is 5.78. The highest BCUT2D eigenvalue weighted by atomic mass is 16.7. The van der Waals surface area contributed by atoms with E-state index >= 15 is 0 Å². The van der Waals surface area contributed by atoms with Crippen molar-refractivity contribution in [2.24, 2.45) is 5.73 Å². The van der Waals surface area contributed by atoms with Crippen molar-refractivity contribution in [3.63, 3.8) is 0 Å². The lowest BCUT2D eigenvalue weighted by atomic mass is 9.87. The molecule has 0 unspecified atom stereocenters. The Labute approximate surface area is 172 Å². The number of hydrogen-bond acceptors (Lipinski definition) is 6. The van der Waals surface area contributed by atoms with Crippen LogP contribution in [-0.2, 0) is 20.7 Å². The summed E-state index contributed by atoms with van der Waals surface area (Å²) in [6.07, 6.45) is 0.346. The molecule has 2 aromatic carbocycles. The molecule has 5 rings (SSSR count). The van der Waals surface area contributed by atoms with Crippen molar-refractivity contribution >= 4 is 22.8 Å². The number of hydrogen-bond donors (Lipinski definition) is 2. The van der Waals surface area contributed by atoms with Crippen molar-refractivity contribution in [2.75, 3.05) is 20.4 Å². The van der Waals surface area contributed by atoms with Gasteiger partial charge in [-0.15, -0.1) is 0 Å². The van der Waals surface area contributed by atoms with Gasteiger partial charge in [-0.1, -0.05) is 24.3 Å². The number of carbonyl (C=O) groups excluding carboxylic acids is 2. The number of methoxy groups -OCH3 is 1. The third kappa shape index (κ3) is 2.72. The van der Waals surface area contributed by atoms with Crippen LogP contribution in [0.1, 0.15) is 22.9 Å². The van der Waals surface area contributed by atoms with E-state index in [1.54, 1.807) is 0 Å². The van der Waals surface area contributed by atoms with Crippen molar-refractivity contribution in [3.05, 3.63) is 59.3 Å². The van der Waals surface area contributed by atoms with Gasteiger partial charge in [-0.05, 0) is 29.3 Å². The van der Waals surface area contributed by atoms with Crippen LogP contribution in [0.5, 0.6) is 11.5 Å². The van der Waals surface area contributed by atoms with E-state index in [-0.39, 0.29) is 19.2 Å². The predicted molar refractivity (Wildman–Crippen MR) is 108 cm³/mol. The number of amides is 1. The van der Waals surface area contributed by atoms with Gasteiger partial charge in [0.15, 0.2) is 11.5 Å². The average molecular weight is 407 g/mol. The van der Waals surface area contributed by atoms with Crippen LogP contribution < -0.4 is 15.2 Å². The minimum atomic E-state index is -0.784. The Hall–Kier alpha value is -3.52. The van der Waals surface area contributed by atoms with Crippen molar-refractivity contribution in [1.82, 2.24) is 9.88 Å². The number of fused-ring (bicyclic) bond motifs is 4. The number of ether oxygens (including phenoxy) is 3. The molecule has 3 aromatic rings. The Morgan fingerprint density at radius 3 is 2.80 bits per heavy atom. The summed E-state index contributed by atoms with van der Waals surface area (Å²) in [5.41, 5.74) is 9.32. The number of aromatic nitrogens is 1. The number of rotatable bonds is 3. The fraction of sp³-hybridized carbons (Fsp3) is 0.273. The first-order valence-electron chi connectivity index (χ1n) is 9.70. The Morgan fingerprint density at radius 1 is 1.20 bits per heavy atom. The maximum atomic E-state index is 13.0. The third-order valence-corrected chi connectivity index (χ3v) is 5.78. The molecule has 0 spiro atoms. The van der Waals surface area contributed by atoms with Gasteiger partial charge in [0.2, 0.25) is 12.7 Å². The first kappa shape index (κ1) is 18.5. The number of nitrogens with one attached hydrogen (secondary N) is 1. The van der Waals surface area contributed by atoms with E-state index in [1.165, 1.54) is 12.0 Å². The molecule has 0 saturated heterocycles. The molecule has 1 aromatic heterocycles. The van der Waals surface area contributed by atoms with E-state index in [0.717, 1.165) is 27.7 Å². The van der Waals surface area contributed by atoms with E-state index in [9.17, 15) is 9.59 Å². The number of nitrogens with two attached hydrogens (primary N) is 1. The largest absolute Gasteiger partial charge is 0.467 e. The van der Waals surface area contributed by atoms with Crippen molar-refractivity contribution in [3.8, 4) is 11.5 Å². The zero-order valence-electron chi connectivity index (χ0n) is 16.4. The molecule has 8 heteroatoms. The van der Waals surface area contributed by atoms with Crippen LogP contribution in [0.2, 0.25) is 0 Å². The molecule has 2 aliphatic heterocycles. The van der Waals surface area contributed by atoms with Crippen LogP contribution >= 0.6 is 0 Å². The Kier molecular flexibility index (Phi) is 4.36. The van der Waals surface area contributed by atoms with Crippen molar-refractivity contribution < 1.29 is 23.8 Å². The summed E-state index contributed by atoms with van der Waals surface area (Å²) >= 11 is 0. The van der Waals surface area contributed by atoms with Crippen LogP contribution in [0, 0.1) is 0 Å². The van der Waals surface area contributed by atoms with Gasteiger partial charge < -0.3 is 29.8 Å². The molecule has 0 aliphatic carbocycles. The lowest BCUT2D eigenvalue weighted by molar-refractivity contribution is -0.154. The van der Waals surface area contributed by atoms with Crippen LogP contribution in [0.25, 0.3) is 10.9 Å². The quantitative estimate of drug-likeness (QED) is 0.642. The van der Waals surface area contributed by atoms with Gasteiger partial charge in [0.25, 0.3) is 0 Å². The Bertz CT molecular complexity index is 1150. The number of H-pyrrole nitrogens is 1. The highest BCUT2D eigenvalue weighted by Crippen LogP contribution is 2.43. The summed E-state index contributed by atoms with van der Waals surface area (Å²) in [5, 5.41) is 1.02. The van der Waals surface area contributed by atoms with E-state index in [1.807, 2.05) is 42.5 Å². The van der Waals surface area contributed by atoms with Gasteiger partial charge in [-0.3, -0.25) is 4.79 Å². The maximum absolute atomic E-state index is 13.0. The highest BCUT2D eigenvalue weighted by molar-refractivity contribution is 5.91. The zero-order chi connectivity index (χ0) is 20.8. The predicted octanol–water partition coefficient (Wildman–Crippen LogP) is 1.87. The topological polar surface area (TPSA) is 107 Å². The molecule has 0 saturated carbocycles. The van der Waals surface area contributed by atoms with Gasteiger partial charge in [0.1, 0.15) is 6.04 Å². The zero-order valence-corrected chi connectivity index (χ0v) is 16.4. The number of esters is 1. The number of aromatic amines is 1. The van der Waals surface area contributed by atoms with Gasteiger partial charge in [0.05, 0.1) is 19.7 Å². The molecule has 2 aliphatic rings. The molecule has 1 amide bonds. The Balaban J connectivity index is 1.75. The van der Waals surface area contributed by atoms with Gasteiger partial charge in [-0.2, -0.15) is 0 Å².